The Morgan fingerprint density at radius 3 is 2.86 bits per heavy atom. The summed E-state index contributed by atoms with van der Waals surface area (Å²) in [5.41, 5.74) is 1.46. The van der Waals surface area contributed by atoms with E-state index in [0.717, 1.165) is 0 Å². The van der Waals surface area contributed by atoms with E-state index in [4.69, 9.17) is 4.42 Å². The van der Waals surface area contributed by atoms with Crippen LogP contribution in [0.4, 0.5) is 0 Å². The zero-order valence-corrected chi connectivity index (χ0v) is 8.84. The van der Waals surface area contributed by atoms with Crippen LogP contribution in [-0.2, 0) is 0 Å². The molecule has 0 aliphatic carbocycles. The molecule has 0 bridgehead atoms. The number of aromatic amines is 1. The van der Waals surface area contributed by atoms with Gasteiger partial charge in [-0.05, 0) is 35.0 Å². The van der Waals surface area contributed by atoms with Crippen molar-refractivity contribution in [3.63, 3.8) is 0 Å². The highest BCUT2D eigenvalue weighted by atomic mass is 79.9. The number of carbonyl (C=O) groups is 1. The van der Waals surface area contributed by atoms with Gasteiger partial charge in [-0.3, -0.25) is 9.78 Å². The van der Waals surface area contributed by atoms with Crippen LogP contribution in [-0.4, -0.2) is 10.8 Å². The van der Waals surface area contributed by atoms with Crippen LogP contribution in [0, 0.1) is 0 Å². The third-order valence-electron chi connectivity index (χ3n) is 1.89. The van der Waals surface area contributed by atoms with Crippen molar-refractivity contribution >= 4 is 32.8 Å². The fraction of sp³-hybridized carbons (Fsp3) is 0.111. The molecule has 14 heavy (non-hydrogen) atoms. The van der Waals surface area contributed by atoms with Crippen LogP contribution in [0.15, 0.2) is 25.8 Å². The summed E-state index contributed by atoms with van der Waals surface area (Å²) < 4.78 is 5.49. The van der Waals surface area contributed by atoms with Gasteiger partial charge < -0.3 is 4.42 Å². The number of oxazole rings is 1. The summed E-state index contributed by atoms with van der Waals surface area (Å²) in [6.45, 7) is 1.46. The maximum absolute atomic E-state index is 11.1. The summed E-state index contributed by atoms with van der Waals surface area (Å²) in [5.74, 6) is -0.599. The van der Waals surface area contributed by atoms with Gasteiger partial charge in [-0.15, -0.1) is 0 Å². The molecule has 0 unspecified atom stereocenters. The first-order chi connectivity index (χ1) is 6.58. The quantitative estimate of drug-likeness (QED) is 0.794. The number of ketones is 1. The second-order valence-electron chi connectivity index (χ2n) is 2.90. The summed E-state index contributed by atoms with van der Waals surface area (Å²) in [6.07, 6.45) is 0. The van der Waals surface area contributed by atoms with Crippen molar-refractivity contribution in [2.45, 2.75) is 6.92 Å². The van der Waals surface area contributed by atoms with E-state index >= 15 is 0 Å². The number of nitrogens with one attached hydrogen (secondary N) is 1. The highest BCUT2D eigenvalue weighted by molar-refractivity contribution is 9.10. The number of Topliss-reactive ketones (excluding diaryl/α,β-unsaturated/α-hetero) is 1. The Bertz CT molecular complexity index is 567. The minimum absolute atomic E-state index is 0.0727. The smallest absolute Gasteiger partial charge is 0.408 e. The summed E-state index contributed by atoms with van der Waals surface area (Å²) in [5, 5.41) is 0. The van der Waals surface area contributed by atoms with Crippen LogP contribution in [0.25, 0.3) is 11.1 Å². The molecule has 2 rings (SSSR count). The molecule has 72 valence electrons. The standard InChI is InChI=1S/C9H6BrNO3/c1-4(12)5-2-6(10)8-7(3-5)14-9(13)11-8/h2-3H,1H3,(H,11,13). The molecule has 5 heteroatoms. The zero-order valence-electron chi connectivity index (χ0n) is 7.26. The van der Waals surface area contributed by atoms with Crippen molar-refractivity contribution in [1.82, 2.24) is 4.98 Å². The first kappa shape index (κ1) is 9.21. The molecule has 0 saturated heterocycles. The van der Waals surface area contributed by atoms with Gasteiger partial charge in [-0.2, -0.15) is 0 Å². The Hall–Kier alpha value is -1.36. The highest BCUT2D eigenvalue weighted by Gasteiger charge is 2.09. The van der Waals surface area contributed by atoms with E-state index in [2.05, 4.69) is 20.9 Å². The van der Waals surface area contributed by atoms with Gasteiger partial charge >= 0.3 is 5.76 Å². The van der Waals surface area contributed by atoms with Crippen molar-refractivity contribution in [2.75, 3.05) is 0 Å². The Morgan fingerprint density at radius 1 is 1.50 bits per heavy atom. The summed E-state index contributed by atoms with van der Waals surface area (Å²) in [6, 6.07) is 3.19. The van der Waals surface area contributed by atoms with Crippen LogP contribution in [0.3, 0.4) is 0 Å². The molecule has 0 fully saturated rings. The Balaban J connectivity index is 2.84. The lowest BCUT2D eigenvalue weighted by Gasteiger charge is -1.96. The molecule has 2 aromatic rings. The summed E-state index contributed by atoms with van der Waals surface area (Å²) in [7, 11) is 0. The van der Waals surface area contributed by atoms with Crippen LogP contribution in [0.5, 0.6) is 0 Å². The van der Waals surface area contributed by atoms with Gasteiger partial charge in [0.05, 0.1) is 0 Å². The number of hydrogen-bond donors (Lipinski definition) is 1. The predicted molar refractivity (Wildman–Crippen MR) is 54.5 cm³/mol. The van der Waals surface area contributed by atoms with Gasteiger partial charge in [0.2, 0.25) is 0 Å². The van der Waals surface area contributed by atoms with Gasteiger partial charge in [-0.25, -0.2) is 4.79 Å². The number of H-pyrrole nitrogens is 1. The molecule has 0 saturated carbocycles. The Labute approximate surface area is 87.0 Å². The molecular formula is C9H6BrNO3. The van der Waals surface area contributed by atoms with Crippen LogP contribution in [0.1, 0.15) is 17.3 Å². The first-order valence-electron chi connectivity index (χ1n) is 3.91. The van der Waals surface area contributed by atoms with Gasteiger partial charge in [-0.1, -0.05) is 0 Å². The van der Waals surface area contributed by atoms with Gasteiger partial charge in [0.15, 0.2) is 11.4 Å². The topological polar surface area (TPSA) is 63.1 Å². The largest absolute Gasteiger partial charge is 0.417 e. The van der Waals surface area contributed by atoms with Gasteiger partial charge in [0, 0.05) is 10.0 Å². The fourth-order valence-electron chi connectivity index (χ4n) is 1.21. The maximum Gasteiger partial charge on any atom is 0.417 e. The van der Waals surface area contributed by atoms with Crippen molar-refractivity contribution in [3.8, 4) is 0 Å². The van der Waals surface area contributed by atoms with Gasteiger partial charge in [0.1, 0.15) is 5.52 Å². The van der Waals surface area contributed by atoms with E-state index in [9.17, 15) is 9.59 Å². The minimum Gasteiger partial charge on any atom is -0.408 e. The Kier molecular flexibility index (Phi) is 2.03. The summed E-state index contributed by atoms with van der Waals surface area (Å²) in [4.78, 5) is 24.5. The lowest BCUT2D eigenvalue weighted by molar-refractivity contribution is 0.101. The first-order valence-corrected chi connectivity index (χ1v) is 4.70. The summed E-state index contributed by atoms with van der Waals surface area (Å²) >= 11 is 3.25. The molecule has 1 N–H and O–H groups in total. The van der Waals surface area contributed by atoms with Crippen molar-refractivity contribution in [2.24, 2.45) is 0 Å². The number of fused-ring (bicyclic) bond motifs is 1. The molecule has 1 aromatic heterocycles. The molecule has 4 nitrogen and oxygen atoms in total. The van der Waals surface area contributed by atoms with Crippen LogP contribution >= 0.6 is 15.9 Å². The normalized spacial score (nSPS) is 10.7. The molecule has 0 aliphatic heterocycles. The average molecular weight is 256 g/mol. The second-order valence-corrected chi connectivity index (χ2v) is 3.76. The lowest BCUT2D eigenvalue weighted by Crippen LogP contribution is -1.93. The molecule has 0 atom stereocenters. The monoisotopic (exact) mass is 255 g/mol. The molecule has 0 amide bonds. The maximum atomic E-state index is 11.1. The average Bonchev–Trinajstić information content (AvgIpc) is 2.45. The third-order valence-corrected chi connectivity index (χ3v) is 2.52. The van der Waals surface area contributed by atoms with E-state index in [-0.39, 0.29) is 5.78 Å². The van der Waals surface area contributed by atoms with Gasteiger partial charge in [0.25, 0.3) is 0 Å². The number of benzene rings is 1. The van der Waals surface area contributed by atoms with E-state index in [1.807, 2.05) is 0 Å². The van der Waals surface area contributed by atoms with Crippen LogP contribution < -0.4 is 5.76 Å². The van der Waals surface area contributed by atoms with Crippen molar-refractivity contribution < 1.29 is 9.21 Å². The number of rotatable bonds is 1. The van der Waals surface area contributed by atoms with Crippen LogP contribution in [0.2, 0.25) is 0 Å². The highest BCUT2D eigenvalue weighted by Crippen LogP contribution is 2.23. The second kappa shape index (κ2) is 3.09. The molecule has 1 heterocycles. The molecular weight excluding hydrogens is 250 g/mol. The molecule has 0 aliphatic rings. The van der Waals surface area contributed by atoms with E-state index in [1.54, 1.807) is 12.1 Å². The van der Waals surface area contributed by atoms with E-state index < -0.39 is 5.76 Å². The Morgan fingerprint density at radius 2 is 2.21 bits per heavy atom. The van der Waals surface area contributed by atoms with E-state index in [1.165, 1.54) is 6.92 Å². The number of halogens is 1. The van der Waals surface area contributed by atoms with Crippen molar-refractivity contribution in [1.29, 1.82) is 0 Å². The zero-order chi connectivity index (χ0) is 10.3. The number of hydrogen-bond acceptors (Lipinski definition) is 3. The molecule has 1 aromatic carbocycles. The molecule has 0 spiro atoms. The number of carbonyl (C=O) groups excluding carboxylic acids is 1. The lowest BCUT2D eigenvalue weighted by atomic mass is 10.1. The SMILES string of the molecule is CC(=O)c1cc(Br)c2[nH]c(=O)oc2c1. The minimum atomic E-state index is -0.526. The predicted octanol–water partition coefficient (Wildman–Crippen LogP) is 2.09. The van der Waals surface area contributed by atoms with Crippen molar-refractivity contribution in [3.05, 3.63) is 32.7 Å². The van der Waals surface area contributed by atoms with E-state index in [0.29, 0.717) is 21.1 Å². The molecule has 0 radical (unpaired) electrons. The fourth-order valence-corrected chi connectivity index (χ4v) is 1.76. The third kappa shape index (κ3) is 1.39. The number of aromatic nitrogens is 1.